The van der Waals surface area contributed by atoms with E-state index in [1.165, 1.54) is 11.3 Å². The van der Waals surface area contributed by atoms with Gasteiger partial charge in [0.2, 0.25) is 0 Å². The number of carboxylic acid groups (broad SMARTS) is 1. The summed E-state index contributed by atoms with van der Waals surface area (Å²) in [4.78, 5) is 15.4. The lowest BCUT2D eigenvalue weighted by Crippen LogP contribution is -2.21. The van der Waals surface area contributed by atoms with E-state index in [0.717, 1.165) is 12.1 Å². The van der Waals surface area contributed by atoms with E-state index in [2.05, 4.69) is 34.1 Å². The molecular formula is C19H22N2O2. The molecule has 1 aliphatic rings. The number of aromatic carboxylic acids is 1. The van der Waals surface area contributed by atoms with Crippen molar-refractivity contribution in [2.75, 3.05) is 30.9 Å². The van der Waals surface area contributed by atoms with Crippen LogP contribution in [0.15, 0.2) is 48.5 Å². The maximum absolute atomic E-state index is 11.1. The number of nitrogens with zero attached hydrogens (tertiary/aromatic N) is 2. The van der Waals surface area contributed by atoms with Gasteiger partial charge in [-0.15, -0.1) is 0 Å². The van der Waals surface area contributed by atoms with Gasteiger partial charge >= 0.3 is 5.97 Å². The summed E-state index contributed by atoms with van der Waals surface area (Å²) in [7, 11) is 6.12. The molecule has 2 unspecified atom stereocenters. The molecule has 0 aromatic heterocycles. The first-order valence-electron chi connectivity index (χ1n) is 7.81. The van der Waals surface area contributed by atoms with Crippen LogP contribution in [0, 0.1) is 0 Å². The van der Waals surface area contributed by atoms with E-state index >= 15 is 0 Å². The summed E-state index contributed by atoms with van der Waals surface area (Å²) in [6, 6.07) is 16.3. The Labute approximate surface area is 137 Å². The Morgan fingerprint density at radius 1 is 1.04 bits per heavy atom. The van der Waals surface area contributed by atoms with Crippen molar-refractivity contribution in [3.63, 3.8) is 0 Å². The quantitative estimate of drug-likeness (QED) is 0.919. The van der Waals surface area contributed by atoms with Crippen LogP contribution in [0.4, 0.5) is 11.4 Å². The van der Waals surface area contributed by atoms with Gasteiger partial charge in [0, 0.05) is 44.5 Å². The van der Waals surface area contributed by atoms with Gasteiger partial charge in [0.1, 0.15) is 0 Å². The summed E-state index contributed by atoms with van der Waals surface area (Å²) in [6.45, 7) is 0. The van der Waals surface area contributed by atoms with Crippen LogP contribution in [0.25, 0.3) is 0 Å². The van der Waals surface area contributed by atoms with Gasteiger partial charge in [-0.25, -0.2) is 4.79 Å². The second-order valence-electron chi connectivity index (χ2n) is 6.36. The standard InChI is InChI=1S/C19H22N2O2/c1-20(2)15-9-7-13(8-10-15)17-12-18(17)21(3)16-6-4-5-14(11-16)19(22)23/h4-11,17-18H,12H2,1-3H3,(H,22,23). The van der Waals surface area contributed by atoms with Crippen molar-refractivity contribution in [1.29, 1.82) is 0 Å². The van der Waals surface area contributed by atoms with Gasteiger partial charge in [-0.05, 0) is 42.3 Å². The van der Waals surface area contributed by atoms with E-state index in [4.69, 9.17) is 5.11 Å². The molecule has 0 spiro atoms. The average Bonchev–Trinajstić information content (AvgIpc) is 3.35. The molecule has 4 nitrogen and oxygen atoms in total. The zero-order valence-corrected chi connectivity index (χ0v) is 13.7. The smallest absolute Gasteiger partial charge is 0.335 e. The van der Waals surface area contributed by atoms with Crippen molar-refractivity contribution in [2.24, 2.45) is 0 Å². The van der Waals surface area contributed by atoms with Crippen molar-refractivity contribution in [1.82, 2.24) is 0 Å². The summed E-state index contributed by atoms with van der Waals surface area (Å²) < 4.78 is 0. The molecule has 23 heavy (non-hydrogen) atoms. The topological polar surface area (TPSA) is 43.8 Å². The molecule has 0 heterocycles. The van der Waals surface area contributed by atoms with Crippen LogP contribution in [-0.4, -0.2) is 38.3 Å². The molecule has 1 N–H and O–H groups in total. The van der Waals surface area contributed by atoms with Crippen molar-refractivity contribution in [2.45, 2.75) is 18.4 Å². The SMILES string of the molecule is CN(C)c1ccc(C2CC2N(C)c2cccc(C(=O)O)c2)cc1. The zero-order valence-electron chi connectivity index (χ0n) is 13.7. The van der Waals surface area contributed by atoms with Crippen molar-refractivity contribution in [3.05, 3.63) is 59.7 Å². The first-order chi connectivity index (χ1) is 11.0. The van der Waals surface area contributed by atoms with Gasteiger partial charge in [0.15, 0.2) is 0 Å². The van der Waals surface area contributed by atoms with Crippen LogP contribution >= 0.6 is 0 Å². The summed E-state index contributed by atoms with van der Waals surface area (Å²) in [6.07, 6.45) is 1.11. The number of likely N-dealkylation sites (N-methyl/N-ethyl adjacent to an activating group) is 1. The fourth-order valence-electron chi connectivity index (χ4n) is 3.04. The van der Waals surface area contributed by atoms with E-state index in [0.29, 0.717) is 17.5 Å². The molecule has 4 heteroatoms. The molecule has 1 saturated carbocycles. The number of benzene rings is 2. The maximum atomic E-state index is 11.1. The maximum Gasteiger partial charge on any atom is 0.335 e. The minimum Gasteiger partial charge on any atom is -0.478 e. The predicted molar refractivity (Wildman–Crippen MR) is 93.7 cm³/mol. The average molecular weight is 310 g/mol. The molecule has 0 saturated heterocycles. The summed E-state index contributed by atoms with van der Waals surface area (Å²) in [5.74, 6) is -0.364. The second kappa shape index (κ2) is 5.95. The van der Waals surface area contributed by atoms with Gasteiger partial charge in [-0.2, -0.15) is 0 Å². The molecule has 3 rings (SSSR count). The van der Waals surface area contributed by atoms with Crippen molar-refractivity contribution < 1.29 is 9.90 Å². The molecule has 1 aliphatic carbocycles. The predicted octanol–water partition coefficient (Wildman–Crippen LogP) is 3.44. The van der Waals surface area contributed by atoms with Crippen molar-refractivity contribution in [3.8, 4) is 0 Å². The largest absolute Gasteiger partial charge is 0.478 e. The van der Waals surface area contributed by atoms with E-state index in [-0.39, 0.29) is 0 Å². The lowest BCUT2D eigenvalue weighted by molar-refractivity contribution is 0.0697. The van der Waals surface area contributed by atoms with Crippen LogP contribution in [0.1, 0.15) is 28.3 Å². The molecule has 0 aliphatic heterocycles. The zero-order chi connectivity index (χ0) is 16.6. The molecule has 0 amide bonds. The molecule has 120 valence electrons. The minimum absolute atomic E-state index is 0.335. The van der Waals surface area contributed by atoms with Gasteiger partial charge in [0.05, 0.1) is 5.56 Å². The second-order valence-corrected chi connectivity index (χ2v) is 6.36. The monoisotopic (exact) mass is 310 g/mol. The molecule has 2 aromatic rings. The summed E-state index contributed by atoms with van der Waals surface area (Å²) >= 11 is 0. The fraction of sp³-hybridized carbons (Fsp3) is 0.316. The third-order valence-electron chi connectivity index (χ3n) is 4.59. The minimum atomic E-state index is -0.883. The summed E-state index contributed by atoms with van der Waals surface area (Å²) in [5, 5.41) is 9.12. The number of hydrogen-bond acceptors (Lipinski definition) is 3. The Morgan fingerprint density at radius 2 is 1.74 bits per heavy atom. The first-order valence-corrected chi connectivity index (χ1v) is 7.81. The molecule has 1 fully saturated rings. The van der Waals surface area contributed by atoms with Gasteiger partial charge in [-0.3, -0.25) is 0 Å². The Morgan fingerprint density at radius 3 is 2.35 bits per heavy atom. The van der Waals surface area contributed by atoms with Crippen LogP contribution in [0.5, 0.6) is 0 Å². The highest BCUT2D eigenvalue weighted by Crippen LogP contribution is 2.45. The Kier molecular flexibility index (Phi) is 3.99. The first kappa shape index (κ1) is 15.4. The van der Waals surface area contributed by atoms with Crippen LogP contribution < -0.4 is 9.80 Å². The highest BCUT2D eigenvalue weighted by atomic mass is 16.4. The van der Waals surface area contributed by atoms with Gasteiger partial charge in [0.25, 0.3) is 0 Å². The molecule has 0 bridgehead atoms. The third-order valence-corrected chi connectivity index (χ3v) is 4.59. The number of rotatable bonds is 5. The van der Waals surface area contributed by atoms with Gasteiger partial charge in [-0.1, -0.05) is 18.2 Å². The Hall–Kier alpha value is -2.49. The third kappa shape index (κ3) is 3.16. The highest BCUT2D eigenvalue weighted by molar-refractivity contribution is 5.88. The molecule has 2 atom stereocenters. The summed E-state index contributed by atoms with van der Waals surface area (Å²) in [5.41, 5.74) is 3.85. The Bertz CT molecular complexity index is 710. The van der Waals surface area contributed by atoms with E-state index < -0.39 is 5.97 Å². The molecule has 2 aromatic carbocycles. The normalized spacial score (nSPS) is 19.3. The van der Waals surface area contributed by atoms with E-state index in [9.17, 15) is 4.79 Å². The van der Waals surface area contributed by atoms with Gasteiger partial charge < -0.3 is 14.9 Å². The Balaban J connectivity index is 1.72. The number of hydrogen-bond donors (Lipinski definition) is 1. The van der Waals surface area contributed by atoms with Crippen molar-refractivity contribution >= 4 is 17.3 Å². The number of carbonyl (C=O) groups is 1. The van der Waals surface area contributed by atoms with Crippen LogP contribution in [0.2, 0.25) is 0 Å². The van der Waals surface area contributed by atoms with Crippen LogP contribution in [0.3, 0.4) is 0 Å². The number of carboxylic acids is 1. The molecular weight excluding hydrogens is 288 g/mol. The fourth-order valence-corrected chi connectivity index (χ4v) is 3.04. The highest BCUT2D eigenvalue weighted by Gasteiger charge is 2.41. The van der Waals surface area contributed by atoms with Crippen LogP contribution in [-0.2, 0) is 0 Å². The number of anilines is 2. The lowest BCUT2D eigenvalue weighted by Gasteiger charge is -2.20. The van der Waals surface area contributed by atoms with E-state index in [1.54, 1.807) is 18.2 Å². The molecule has 0 radical (unpaired) electrons. The lowest BCUT2D eigenvalue weighted by atomic mass is 10.1. The van der Waals surface area contributed by atoms with E-state index in [1.807, 2.05) is 27.2 Å².